The number of ether oxygens (including phenoxy) is 1. The predicted octanol–water partition coefficient (Wildman–Crippen LogP) is 1.63. The third kappa shape index (κ3) is 3.29. The first kappa shape index (κ1) is 15.8. The maximum atomic E-state index is 11.9. The highest BCUT2D eigenvalue weighted by Crippen LogP contribution is 2.32. The number of rotatable bonds is 2. The van der Waals surface area contributed by atoms with Crippen LogP contribution in [0, 0.1) is 6.92 Å². The second-order valence-corrected chi connectivity index (χ2v) is 8.47. The van der Waals surface area contributed by atoms with E-state index in [9.17, 15) is 8.42 Å². The summed E-state index contributed by atoms with van der Waals surface area (Å²) in [6.07, 6.45) is 3.22. The molecule has 1 atom stereocenters. The van der Waals surface area contributed by atoms with Crippen molar-refractivity contribution in [3.63, 3.8) is 0 Å². The van der Waals surface area contributed by atoms with Gasteiger partial charge in [0.1, 0.15) is 0 Å². The second-order valence-electron chi connectivity index (χ2n) is 6.49. The number of piperidine rings is 1. The summed E-state index contributed by atoms with van der Waals surface area (Å²) < 4.78 is 31.4. The van der Waals surface area contributed by atoms with Crippen LogP contribution < -0.4 is 4.90 Å². The molecule has 0 bridgehead atoms. The van der Waals surface area contributed by atoms with Crippen LogP contribution in [-0.2, 0) is 14.8 Å². The molecule has 0 aromatic heterocycles. The number of sulfonamides is 1. The first-order valence-electron chi connectivity index (χ1n) is 7.79. The summed E-state index contributed by atoms with van der Waals surface area (Å²) in [4.78, 5) is 2.32. The van der Waals surface area contributed by atoms with Gasteiger partial charge in [-0.2, -0.15) is 4.31 Å². The third-order valence-corrected chi connectivity index (χ3v) is 5.84. The van der Waals surface area contributed by atoms with E-state index in [0.717, 1.165) is 25.9 Å². The Kier molecular flexibility index (Phi) is 4.18. The van der Waals surface area contributed by atoms with E-state index in [-0.39, 0.29) is 5.60 Å². The van der Waals surface area contributed by atoms with E-state index in [1.54, 1.807) is 4.31 Å². The van der Waals surface area contributed by atoms with Crippen LogP contribution in [-0.4, -0.2) is 57.4 Å². The Hall–Kier alpha value is -1.11. The number of hydrogen-bond donors (Lipinski definition) is 0. The summed E-state index contributed by atoms with van der Waals surface area (Å²) in [7, 11) is -3.16. The smallest absolute Gasteiger partial charge is 0.211 e. The lowest BCUT2D eigenvalue weighted by molar-refractivity contribution is -0.0948. The zero-order valence-electron chi connectivity index (χ0n) is 13.3. The van der Waals surface area contributed by atoms with Crippen LogP contribution in [0.2, 0.25) is 0 Å². The molecule has 0 unspecified atom stereocenters. The van der Waals surface area contributed by atoms with Crippen LogP contribution in [0.3, 0.4) is 0 Å². The Morgan fingerprint density at radius 3 is 2.77 bits per heavy atom. The van der Waals surface area contributed by atoms with Crippen molar-refractivity contribution in [1.82, 2.24) is 4.31 Å². The highest BCUT2D eigenvalue weighted by molar-refractivity contribution is 7.88. The van der Waals surface area contributed by atoms with Crippen LogP contribution in [0.25, 0.3) is 0 Å². The molecule has 1 aromatic rings. The van der Waals surface area contributed by atoms with Gasteiger partial charge in [-0.25, -0.2) is 8.42 Å². The molecule has 122 valence electrons. The fourth-order valence-corrected chi connectivity index (χ4v) is 4.36. The maximum absolute atomic E-state index is 11.9. The van der Waals surface area contributed by atoms with E-state index in [0.29, 0.717) is 19.7 Å². The molecule has 6 heteroatoms. The molecule has 3 rings (SSSR count). The van der Waals surface area contributed by atoms with Gasteiger partial charge in [0.25, 0.3) is 0 Å². The van der Waals surface area contributed by atoms with E-state index in [4.69, 9.17) is 4.74 Å². The van der Waals surface area contributed by atoms with E-state index in [2.05, 4.69) is 36.1 Å². The standard InChI is InChI=1S/C16H24N2O3S/c1-14-5-3-6-15(11-14)17-8-4-7-16(12-17)13-18(9-10-21-16)22(2,19)20/h3,5-6,11H,4,7-10,12-13H2,1-2H3/t16-/m1/s1. The fourth-order valence-electron chi connectivity index (χ4n) is 3.48. The minimum absolute atomic E-state index is 0.372. The average Bonchev–Trinajstić information content (AvgIpc) is 2.46. The summed E-state index contributed by atoms with van der Waals surface area (Å²) in [6.45, 7) is 5.25. The Labute approximate surface area is 132 Å². The van der Waals surface area contributed by atoms with Crippen molar-refractivity contribution in [1.29, 1.82) is 0 Å². The average molecular weight is 324 g/mol. The molecule has 2 fully saturated rings. The molecule has 2 saturated heterocycles. The zero-order chi connectivity index (χ0) is 15.8. The van der Waals surface area contributed by atoms with Gasteiger partial charge >= 0.3 is 0 Å². The molecule has 5 nitrogen and oxygen atoms in total. The van der Waals surface area contributed by atoms with E-state index in [1.807, 2.05) is 0 Å². The Morgan fingerprint density at radius 1 is 1.23 bits per heavy atom. The van der Waals surface area contributed by atoms with Crippen molar-refractivity contribution in [3.05, 3.63) is 29.8 Å². The monoisotopic (exact) mass is 324 g/mol. The normalized spacial score (nSPS) is 27.3. The summed E-state index contributed by atoms with van der Waals surface area (Å²) in [6, 6.07) is 8.45. The molecule has 1 aromatic carbocycles. The Bertz CT molecular complexity index is 643. The van der Waals surface area contributed by atoms with Crippen LogP contribution in [0.1, 0.15) is 18.4 Å². The molecule has 1 spiro atoms. The molecule has 0 radical (unpaired) electrons. The predicted molar refractivity (Wildman–Crippen MR) is 87.7 cm³/mol. The van der Waals surface area contributed by atoms with Gasteiger partial charge in [0.05, 0.1) is 18.5 Å². The number of anilines is 1. The molecule has 0 N–H and O–H groups in total. The van der Waals surface area contributed by atoms with Crippen molar-refractivity contribution < 1.29 is 13.2 Å². The van der Waals surface area contributed by atoms with Crippen LogP contribution >= 0.6 is 0 Å². The molecule has 0 saturated carbocycles. The summed E-state index contributed by atoms with van der Waals surface area (Å²) in [5, 5.41) is 0. The molecule has 0 amide bonds. The number of benzene rings is 1. The number of morpholine rings is 1. The number of nitrogens with zero attached hydrogens (tertiary/aromatic N) is 2. The summed E-state index contributed by atoms with van der Waals surface area (Å²) in [5.41, 5.74) is 2.06. The van der Waals surface area contributed by atoms with Gasteiger partial charge in [0, 0.05) is 31.9 Å². The Balaban J connectivity index is 1.80. The van der Waals surface area contributed by atoms with Crippen molar-refractivity contribution in [2.75, 3.05) is 43.9 Å². The number of aryl methyl sites for hydroxylation is 1. The van der Waals surface area contributed by atoms with Gasteiger partial charge in [-0.3, -0.25) is 0 Å². The van der Waals surface area contributed by atoms with Gasteiger partial charge in [-0.15, -0.1) is 0 Å². The molecule has 2 heterocycles. The van der Waals surface area contributed by atoms with Gasteiger partial charge in [0.2, 0.25) is 10.0 Å². The molecule has 2 aliphatic heterocycles. The van der Waals surface area contributed by atoms with E-state index >= 15 is 0 Å². The van der Waals surface area contributed by atoms with E-state index in [1.165, 1.54) is 17.5 Å². The lowest BCUT2D eigenvalue weighted by Gasteiger charge is -2.48. The highest BCUT2D eigenvalue weighted by atomic mass is 32.2. The summed E-state index contributed by atoms with van der Waals surface area (Å²) >= 11 is 0. The molecule has 0 aliphatic carbocycles. The van der Waals surface area contributed by atoms with Crippen molar-refractivity contribution in [2.45, 2.75) is 25.4 Å². The first-order chi connectivity index (χ1) is 10.4. The van der Waals surface area contributed by atoms with Gasteiger partial charge < -0.3 is 9.64 Å². The second kappa shape index (κ2) is 5.83. The maximum Gasteiger partial charge on any atom is 0.211 e. The quantitative estimate of drug-likeness (QED) is 0.830. The van der Waals surface area contributed by atoms with Crippen molar-refractivity contribution in [2.24, 2.45) is 0 Å². The van der Waals surface area contributed by atoms with Gasteiger partial charge in [0.15, 0.2) is 0 Å². The van der Waals surface area contributed by atoms with Crippen LogP contribution in [0.5, 0.6) is 0 Å². The molecular weight excluding hydrogens is 300 g/mol. The summed E-state index contributed by atoms with van der Waals surface area (Å²) in [5.74, 6) is 0. The minimum atomic E-state index is -3.16. The zero-order valence-corrected chi connectivity index (χ0v) is 14.1. The lowest BCUT2D eigenvalue weighted by atomic mass is 9.91. The van der Waals surface area contributed by atoms with Crippen LogP contribution in [0.15, 0.2) is 24.3 Å². The molecule has 2 aliphatic rings. The minimum Gasteiger partial charge on any atom is -0.370 e. The van der Waals surface area contributed by atoms with Gasteiger partial charge in [-0.1, -0.05) is 12.1 Å². The SMILES string of the molecule is Cc1cccc(N2CCC[C@@]3(C2)CN(S(C)(=O)=O)CCO3)c1. The van der Waals surface area contributed by atoms with Crippen LogP contribution in [0.4, 0.5) is 5.69 Å². The molecule has 22 heavy (non-hydrogen) atoms. The lowest BCUT2D eigenvalue weighted by Crippen LogP contribution is -2.60. The fraction of sp³-hybridized carbons (Fsp3) is 0.625. The highest BCUT2D eigenvalue weighted by Gasteiger charge is 2.42. The Morgan fingerprint density at radius 2 is 2.05 bits per heavy atom. The third-order valence-electron chi connectivity index (χ3n) is 4.59. The van der Waals surface area contributed by atoms with Crippen molar-refractivity contribution >= 4 is 15.7 Å². The van der Waals surface area contributed by atoms with Gasteiger partial charge in [-0.05, 0) is 37.5 Å². The van der Waals surface area contributed by atoms with Crippen molar-refractivity contribution in [3.8, 4) is 0 Å². The largest absolute Gasteiger partial charge is 0.370 e. The number of hydrogen-bond acceptors (Lipinski definition) is 4. The topological polar surface area (TPSA) is 49.9 Å². The van der Waals surface area contributed by atoms with E-state index < -0.39 is 10.0 Å². The first-order valence-corrected chi connectivity index (χ1v) is 9.64. The molecular formula is C16H24N2O3S.